The lowest BCUT2D eigenvalue weighted by molar-refractivity contribution is 0.0999. The van der Waals surface area contributed by atoms with Gasteiger partial charge in [-0.3, -0.25) is 4.79 Å². The highest BCUT2D eigenvalue weighted by molar-refractivity contribution is 7.12. The molecule has 20 heavy (non-hydrogen) atoms. The topological polar surface area (TPSA) is 77.8 Å². The monoisotopic (exact) mass is 285 g/mol. The number of aryl methyl sites for hydroxylation is 1. The minimum Gasteiger partial charge on any atom is -0.493 e. The standard InChI is InChI=1S/C14H11N3O2S/c1-8-4-2-5-9-11(8)15-14(19)12(9)16-17-13(18)10-6-3-7-20-10/h2-7,15,19H,1H3. The van der Waals surface area contributed by atoms with Crippen LogP contribution in [0.1, 0.15) is 15.2 Å². The second kappa shape index (κ2) is 4.90. The number of benzene rings is 1. The van der Waals surface area contributed by atoms with E-state index in [9.17, 15) is 9.90 Å². The minimum atomic E-state index is -0.415. The molecule has 100 valence electrons. The fourth-order valence-corrected chi connectivity index (χ4v) is 2.58. The Kier molecular flexibility index (Phi) is 3.08. The van der Waals surface area contributed by atoms with Crippen molar-refractivity contribution in [3.8, 4) is 5.88 Å². The largest absolute Gasteiger partial charge is 0.493 e. The first-order valence-corrected chi connectivity index (χ1v) is 6.84. The van der Waals surface area contributed by atoms with Gasteiger partial charge in [-0.25, -0.2) is 0 Å². The molecule has 0 spiro atoms. The number of aromatic amines is 1. The number of aromatic nitrogens is 1. The predicted molar refractivity (Wildman–Crippen MR) is 77.9 cm³/mol. The molecule has 3 rings (SSSR count). The Hall–Kier alpha value is -2.47. The van der Waals surface area contributed by atoms with Gasteiger partial charge in [0.25, 0.3) is 0 Å². The van der Waals surface area contributed by atoms with Crippen molar-refractivity contribution in [2.75, 3.05) is 0 Å². The van der Waals surface area contributed by atoms with Gasteiger partial charge in [0.1, 0.15) is 0 Å². The first-order chi connectivity index (χ1) is 9.66. The van der Waals surface area contributed by atoms with E-state index in [0.717, 1.165) is 16.5 Å². The number of azo groups is 1. The number of nitrogens with one attached hydrogen (secondary N) is 1. The fourth-order valence-electron chi connectivity index (χ4n) is 1.98. The lowest BCUT2D eigenvalue weighted by atomic mass is 10.1. The summed E-state index contributed by atoms with van der Waals surface area (Å²) in [6, 6.07) is 9.08. The van der Waals surface area contributed by atoms with Crippen molar-refractivity contribution in [1.29, 1.82) is 0 Å². The zero-order chi connectivity index (χ0) is 14.1. The highest BCUT2D eigenvalue weighted by atomic mass is 32.1. The summed E-state index contributed by atoms with van der Waals surface area (Å²) in [5.41, 5.74) is 2.07. The van der Waals surface area contributed by atoms with Gasteiger partial charge >= 0.3 is 5.91 Å². The molecule has 2 aromatic heterocycles. The number of aromatic hydroxyl groups is 1. The molecule has 0 atom stereocenters. The molecule has 2 N–H and O–H groups in total. The summed E-state index contributed by atoms with van der Waals surface area (Å²) in [4.78, 5) is 15.1. The fraction of sp³-hybridized carbons (Fsp3) is 0.0714. The van der Waals surface area contributed by atoms with Crippen molar-refractivity contribution in [1.82, 2.24) is 4.98 Å². The summed E-state index contributed by atoms with van der Waals surface area (Å²) < 4.78 is 0. The molecule has 0 bridgehead atoms. The van der Waals surface area contributed by atoms with E-state index in [4.69, 9.17) is 0 Å². The van der Waals surface area contributed by atoms with Crippen molar-refractivity contribution >= 4 is 33.8 Å². The summed E-state index contributed by atoms with van der Waals surface area (Å²) >= 11 is 1.30. The molecule has 0 fully saturated rings. The summed E-state index contributed by atoms with van der Waals surface area (Å²) in [5, 5.41) is 20.0. The van der Waals surface area contributed by atoms with Gasteiger partial charge in [0.15, 0.2) is 5.69 Å². The lowest BCUT2D eigenvalue weighted by Gasteiger charge is -1.94. The van der Waals surface area contributed by atoms with Crippen LogP contribution in [0.25, 0.3) is 10.9 Å². The van der Waals surface area contributed by atoms with Gasteiger partial charge in [-0.05, 0) is 23.9 Å². The number of carbonyl (C=O) groups is 1. The second-order valence-corrected chi connectivity index (χ2v) is 5.25. The van der Waals surface area contributed by atoms with Gasteiger partial charge in [0, 0.05) is 5.39 Å². The molecule has 0 unspecified atom stereocenters. The Labute approximate surface area is 118 Å². The Morgan fingerprint density at radius 1 is 1.30 bits per heavy atom. The number of amides is 1. The van der Waals surface area contributed by atoms with Crippen molar-refractivity contribution in [2.45, 2.75) is 6.92 Å². The number of hydrogen-bond acceptors (Lipinski definition) is 4. The molecular weight excluding hydrogens is 274 g/mol. The third-order valence-electron chi connectivity index (χ3n) is 2.97. The molecule has 1 amide bonds. The number of thiophene rings is 1. The van der Waals surface area contributed by atoms with Crippen LogP contribution in [0.5, 0.6) is 5.88 Å². The highest BCUT2D eigenvalue weighted by Gasteiger charge is 2.12. The third kappa shape index (κ3) is 2.10. The van der Waals surface area contributed by atoms with Crippen molar-refractivity contribution < 1.29 is 9.90 Å². The average molecular weight is 285 g/mol. The maximum atomic E-state index is 11.8. The molecule has 0 aliphatic carbocycles. The SMILES string of the molecule is Cc1cccc2c(N=NC(=O)c3cccs3)c(O)[nH]c12. The van der Waals surface area contributed by atoms with Crippen LogP contribution in [-0.4, -0.2) is 16.0 Å². The van der Waals surface area contributed by atoms with E-state index < -0.39 is 5.91 Å². The van der Waals surface area contributed by atoms with E-state index in [1.165, 1.54) is 11.3 Å². The van der Waals surface area contributed by atoms with Gasteiger partial charge in [-0.2, -0.15) is 0 Å². The molecule has 0 radical (unpaired) electrons. The summed E-state index contributed by atoms with van der Waals surface area (Å²) in [7, 11) is 0. The Balaban J connectivity index is 2.01. The van der Waals surface area contributed by atoms with Crippen molar-refractivity contribution in [3.63, 3.8) is 0 Å². The Morgan fingerprint density at radius 2 is 2.15 bits per heavy atom. The van der Waals surface area contributed by atoms with Gasteiger partial charge in [-0.1, -0.05) is 24.3 Å². The molecule has 2 heterocycles. The van der Waals surface area contributed by atoms with Crippen molar-refractivity contribution in [2.24, 2.45) is 10.2 Å². The van der Waals surface area contributed by atoms with Crippen LogP contribution in [0, 0.1) is 6.92 Å². The van der Waals surface area contributed by atoms with E-state index in [2.05, 4.69) is 15.2 Å². The van der Waals surface area contributed by atoms with Crippen LogP contribution in [0.15, 0.2) is 45.9 Å². The number of H-pyrrole nitrogens is 1. The van der Waals surface area contributed by atoms with E-state index in [1.807, 2.05) is 25.1 Å². The zero-order valence-corrected chi connectivity index (χ0v) is 11.4. The smallest absolute Gasteiger partial charge is 0.305 e. The number of rotatable bonds is 2. The number of nitrogens with zero attached hydrogens (tertiary/aromatic N) is 2. The summed E-state index contributed by atoms with van der Waals surface area (Å²) in [6.45, 7) is 1.93. The summed E-state index contributed by atoms with van der Waals surface area (Å²) in [5.74, 6) is -0.501. The van der Waals surface area contributed by atoms with E-state index in [-0.39, 0.29) is 11.6 Å². The van der Waals surface area contributed by atoms with Gasteiger partial charge in [-0.15, -0.1) is 21.6 Å². The van der Waals surface area contributed by atoms with E-state index >= 15 is 0 Å². The molecule has 5 nitrogen and oxygen atoms in total. The van der Waals surface area contributed by atoms with Crippen LogP contribution in [0.2, 0.25) is 0 Å². The maximum absolute atomic E-state index is 11.8. The average Bonchev–Trinajstić information content (AvgIpc) is 3.05. The number of fused-ring (bicyclic) bond motifs is 1. The van der Waals surface area contributed by atoms with E-state index in [1.54, 1.807) is 17.5 Å². The first kappa shape index (κ1) is 12.6. The number of para-hydroxylation sites is 1. The van der Waals surface area contributed by atoms with Crippen LogP contribution < -0.4 is 0 Å². The molecule has 0 aliphatic rings. The Bertz CT molecular complexity index is 803. The first-order valence-electron chi connectivity index (χ1n) is 5.96. The quantitative estimate of drug-likeness (QED) is 0.693. The predicted octanol–water partition coefficient (Wildman–Crippen LogP) is 4.17. The minimum absolute atomic E-state index is 0.0861. The van der Waals surface area contributed by atoms with E-state index in [0.29, 0.717) is 4.88 Å². The second-order valence-electron chi connectivity index (χ2n) is 4.30. The van der Waals surface area contributed by atoms with Crippen LogP contribution in [0.3, 0.4) is 0 Å². The lowest BCUT2D eigenvalue weighted by Crippen LogP contribution is -1.87. The maximum Gasteiger partial charge on any atom is 0.305 e. The molecule has 0 aliphatic heterocycles. The highest BCUT2D eigenvalue weighted by Crippen LogP contribution is 2.36. The molecule has 6 heteroatoms. The number of carbonyl (C=O) groups excluding carboxylic acids is 1. The number of hydrogen-bond donors (Lipinski definition) is 2. The molecule has 0 saturated heterocycles. The third-order valence-corrected chi connectivity index (χ3v) is 3.83. The van der Waals surface area contributed by atoms with Crippen LogP contribution in [0.4, 0.5) is 5.69 Å². The van der Waals surface area contributed by atoms with Crippen LogP contribution >= 0.6 is 11.3 Å². The van der Waals surface area contributed by atoms with Crippen molar-refractivity contribution in [3.05, 3.63) is 46.2 Å². The van der Waals surface area contributed by atoms with Crippen LogP contribution in [-0.2, 0) is 0 Å². The molecular formula is C14H11N3O2S. The molecule has 1 aromatic carbocycles. The Morgan fingerprint density at radius 3 is 2.90 bits per heavy atom. The van der Waals surface area contributed by atoms with Gasteiger partial charge < -0.3 is 10.1 Å². The summed E-state index contributed by atoms with van der Waals surface area (Å²) in [6.07, 6.45) is 0. The van der Waals surface area contributed by atoms with Gasteiger partial charge in [0.2, 0.25) is 5.88 Å². The van der Waals surface area contributed by atoms with Gasteiger partial charge in [0.05, 0.1) is 10.4 Å². The molecule has 0 saturated carbocycles. The normalized spacial score (nSPS) is 11.4. The molecule has 3 aromatic rings. The zero-order valence-electron chi connectivity index (χ0n) is 10.6.